The monoisotopic (exact) mass is 588 g/mol. The lowest BCUT2D eigenvalue weighted by molar-refractivity contribution is 0.437. The Labute approximate surface area is 176 Å². The fraction of sp³-hybridized carbons (Fsp3) is 0.111. The Balaban J connectivity index is 0.000000207. The number of nitrogens with zero attached hydrogens (tertiary/aromatic N) is 2. The molecule has 0 aliphatic carbocycles. The fourth-order valence-corrected chi connectivity index (χ4v) is 2.42. The molecule has 0 spiro atoms. The third-order valence-corrected chi connectivity index (χ3v) is 4.67. The molecule has 0 atom stereocenters. The molecule has 138 valence electrons. The smallest absolute Gasteiger partial charge is 0.176 e. The van der Waals surface area contributed by atoms with Gasteiger partial charge in [0.05, 0.1) is 7.14 Å². The molecular formula is C18H14F4I2N2. The van der Waals surface area contributed by atoms with Gasteiger partial charge in [0, 0.05) is 24.8 Å². The fourth-order valence-electron chi connectivity index (χ4n) is 1.47. The van der Waals surface area contributed by atoms with E-state index in [1.54, 1.807) is 12.4 Å². The minimum Gasteiger partial charge on any atom is -0.264 e. The van der Waals surface area contributed by atoms with Crippen LogP contribution in [0.15, 0.2) is 49.1 Å². The van der Waals surface area contributed by atoms with Crippen LogP contribution in [0.5, 0.6) is 0 Å². The quantitative estimate of drug-likeness (QED) is 0.135. The summed E-state index contributed by atoms with van der Waals surface area (Å²) in [6, 6.07) is 7.89. The number of aromatic nitrogens is 2. The molecule has 0 unspecified atom stereocenters. The zero-order valence-corrected chi connectivity index (χ0v) is 18.1. The standard InChI is InChI=1S/C6F4I2.2C6H7N/c7-1-2(8)6(12)4(10)3(9)5(1)11;2*1-6-3-2-4-7-5-6/h;2*2-5H,1H3. The van der Waals surface area contributed by atoms with E-state index in [2.05, 4.69) is 9.97 Å². The van der Waals surface area contributed by atoms with Crippen molar-refractivity contribution in [1.29, 1.82) is 0 Å². The summed E-state index contributed by atoms with van der Waals surface area (Å²) in [5.41, 5.74) is 2.42. The van der Waals surface area contributed by atoms with Gasteiger partial charge in [0.25, 0.3) is 0 Å². The normalized spacial score (nSPS) is 9.54. The molecule has 8 heteroatoms. The van der Waals surface area contributed by atoms with E-state index >= 15 is 0 Å². The zero-order valence-electron chi connectivity index (χ0n) is 13.8. The molecule has 0 saturated carbocycles. The molecular weight excluding hydrogens is 574 g/mol. The lowest BCUT2D eigenvalue weighted by Gasteiger charge is -2.02. The van der Waals surface area contributed by atoms with Crippen LogP contribution in [0.1, 0.15) is 11.1 Å². The highest BCUT2D eigenvalue weighted by atomic mass is 127. The van der Waals surface area contributed by atoms with Gasteiger partial charge in [0.1, 0.15) is 0 Å². The average Bonchev–Trinajstić information content (AvgIpc) is 2.65. The Morgan fingerprint density at radius 1 is 0.654 bits per heavy atom. The van der Waals surface area contributed by atoms with Crippen molar-refractivity contribution in [2.45, 2.75) is 13.8 Å². The van der Waals surface area contributed by atoms with Gasteiger partial charge in [-0.1, -0.05) is 12.1 Å². The van der Waals surface area contributed by atoms with Crippen LogP contribution in [0.4, 0.5) is 17.6 Å². The molecule has 2 heterocycles. The molecule has 0 aliphatic heterocycles. The third-order valence-electron chi connectivity index (χ3n) is 2.78. The molecule has 2 aromatic heterocycles. The van der Waals surface area contributed by atoms with E-state index in [0.29, 0.717) is 0 Å². The van der Waals surface area contributed by atoms with E-state index in [9.17, 15) is 17.6 Å². The molecule has 1 aromatic carbocycles. The average molecular weight is 588 g/mol. The van der Waals surface area contributed by atoms with Crippen molar-refractivity contribution in [2.75, 3.05) is 0 Å². The highest BCUT2D eigenvalue weighted by Gasteiger charge is 2.21. The number of hydrogen-bond acceptors (Lipinski definition) is 2. The second-order valence-corrected chi connectivity index (χ2v) is 7.10. The Hall–Kier alpha value is -1.30. The van der Waals surface area contributed by atoms with Crippen molar-refractivity contribution >= 4 is 45.2 Å². The number of pyridine rings is 2. The molecule has 26 heavy (non-hydrogen) atoms. The number of rotatable bonds is 0. The van der Waals surface area contributed by atoms with Gasteiger partial charge in [0.15, 0.2) is 23.3 Å². The van der Waals surface area contributed by atoms with Crippen molar-refractivity contribution in [1.82, 2.24) is 9.97 Å². The van der Waals surface area contributed by atoms with Crippen LogP contribution in [0.2, 0.25) is 0 Å². The summed E-state index contributed by atoms with van der Waals surface area (Å²) >= 11 is 2.41. The van der Waals surface area contributed by atoms with Crippen molar-refractivity contribution in [2.24, 2.45) is 0 Å². The van der Waals surface area contributed by atoms with Gasteiger partial charge < -0.3 is 0 Å². The molecule has 0 aliphatic rings. The van der Waals surface area contributed by atoms with Crippen LogP contribution < -0.4 is 0 Å². The molecule has 0 amide bonds. The Kier molecular flexibility index (Phi) is 9.99. The van der Waals surface area contributed by atoms with E-state index in [1.807, 2.05) is 50.5 Å². The van der Waals surface area contributed by atoms with E-state index in [0.717, 1.165) is 0 Å². The topological polar surface area (TPSA) is 25.8 Å². The van der Waals surface area contributed by atoms with Gasteiger partial charge in [-0.3, -0.25) is 9.97 Å². The molecule has 0 saturated heterocycles. The van der Waals surface area contributed by atoms with E-state index in [1.165, 1.54) is 56.3 Å². The van der Waals surface area contributed by atoms with Crippen LogP contribution in [0.25, 0.3) is 0 Å². The van der Waals surface area contributed by atoms with Crippen LogP contribution in [-0.4, -0.2) is 9.97 Å². The lowest BCUT2D eigenvalue weighted by Crippen LogP contribution is -2.02. The second kappa shape index (κ2) is 11.4. The van der Waals surface area contributed by atoms with E-state index in [-0.39, 0.29) is 0 Å². The predicted molar refractivity (Wildman–Crippen MR) is 110 cm³/mol. The van der Waals surface area contributed by atoms with E-state index < -0.39 is 30.4 Å². The van der Waals surface area contributed by atoms with Gasteiger partial charge in [-0.05, 0) is 82.3 Å². The lowest BCUT2D eigenvalue weighted by atomic mass is 10.3. The highest BCUT2D eigenvalue weighted by molar-refractivity contribution is 14.1. The number of aryl methyl sites for hydroxylation is 2. The van der Waals surface area contributed by atoms with Crippen LogP contribution in [0.3, 0.4) is 0 Å². The second-order valence-electron chi connectivity index (χ2n) is 4.94. The zero-order chi connectivity index (χ0) is 19.7. The predicted octanol–water partition coefficient (Wildman–Crippen LogP) is 6.23. The number of hydrogen-bond donors (Lipinski definition) is 0. The van der Waals surface area contributed by atoms with Crippen molar-refractivity contribution in [3.05, 3.63) is 90.6 Å². The first-order chi connectivity index (χ1) is 12.3. The summed E-state index contributed by atoms with van der Waals surface area (Å²) in [6.45, 7) is 4.04. The van der Waals surface area contributed by atoms with Crippen molar-refractivity contribution in [3.8, 4) is 0 Å². The minimum absolute atomic E-state index is 0.664. The largest absolute Gasteiger partial charge is 0.264 e. The van der Waals surface area contributed by atoms with E-state index in [4.69, 9.17) is 0 Å². The van der Waals surface area contributed by atoms with Crippen LogP contribution in [-0.2, 0) is 0 Å². The first-order valence-electron chi connectivity index (χ1n) is 7.15. The minimum atomic E-state index is -1.35. The van der Waals surface area contributed by atoms with Crippen molar-refractivity contribution < 1.29 is 17.6 Å². The number of benzene rings is 1. The van der Waals surface area contributed by atoms with Gasteiger partial charge in [-0.2, -0.15) is 0 Å². The third kappa shape index (κ3) is 7.14. The summed E-state index contributed by atoms with van der Waals surface area (Å²) < 4.78 is 49.2. The van der Waals surface area contributed by atoms with Crippen LogP contribution in [0, 0.1) is 44.3 Å². The Morgan fingerprint density at radius 2 is 0.962 bits per heavy atom. The van der Waals surface area contributed by atoms with Crippen LogP contribution >= 0.6 is 45.2 Å². The summed E-state index contributed by atoms with van der Waals surface area (Å²) in [5, 5.41) is 0. The molecule has 3 rings (SSSR count). The maximum absolute atomic E-state index is 12.6. The SMILES string of the molecule is Cc1cccnc1.Cc1cccnc1.Fc1c(F)c(I)c(F)c(F)c1I. The maximum atomic E-state index is 12.6. The first kappa shape index (κ1) is 22.7. The summed E-state index contributed by atoms with van der Waals surface area (Å²) in [4.78, 5) is 7.77. The van der Waals surface area contributed by atoms with Gasteiger partial charge >= 0.3 is 0 Å². The number of halogens is 6. The molecule has 2 nitrogen and oxygen atoms in total. The summed E-state index contributed by atoms with van der Waals surface area (Å²) in [5.74, 6) is -5.39. The summed E-state index contributed by atoms with van der Waals surface area (Å²) in [6.07, 6.45) is 7.21. The van der Waals surface area contributed by atoms with Crippen molar-refractivity contribution in [3.63, 3.8) is 0 Å². The van der Waals surface area contributed by atoms with Gasteiger partial charge in [0.2, 0.25) is 0 Å². The first-order valence-corrected chi connectivity index (χ1v) is 9.31. The maximum Gasteiger partial charge on any atom is 0.176 e. The molecule has 0 N–H and O–H groups in total. The molecule has 3 aromatic rings. The molecule has 0 fully saturated rings. The Morgan fingerprint density at radius 3 is 1.12 bits per heavy atom. The molecule has 0 bridgehead atoms. The Bertz CT molecular complexity index is 689. The molecule has 0 radical (unpaired) electrons. The highest BCUT2D eigenvalue weighted by Crippen LogP contribution is 2.25. The van der Waals surface area contributed by atoms with Gasteiger partial charge in [-0.15, -0.1) is 0 Å². The summed E-state index contributed by atoms with van der Waals surface area (Å²) in [7, 11) is 0. The van der Waals surface area contributed by atoms with Gasteiger partial charge in [-0.25, -0.2) is 17.6 Å².